The smallest absolute Gasteiger partial charge is 0.0929 e. The maximum atomic E-state index is 5.53. The minimum absolute atomic E-state index is 0.0231. The summed E-state index contributed by atoms with van der Waals surface area (Å²) in [6.07, 6.45) is 1.74. The highest BCUT2D eigenvalue weighted by Gasteiger charge is 2.17. The van der Waals surface area contributed by atoms with Crippen LogP contribution in [0.15, 0.2) is 17.6 Å². The van der Waals surface area contributed by atoms with Gasteiger partial charge in [-0.25, -0.2) is 5.43 Å². The number of rotatable bonds is 3. The summed E-state index contributed by atoms with van der Waals surface area (Å²) in [6, 6.07) is 2.11. The normalized spacial score (nSPS) is 13.0. The molecule has 0 spiro atoms. The maximum absolute atomic E-state index is 5.53. The van der Waals surface area contributed by atoms with Crippen LogP contribution in [-0.4, -0.2) is 9.59 Å². The second kappa shape index (κ2) is 4.14. The van der Waals surface area contributed by atoms with E-state index >= 15 is 0 Å². The molecule has 2 aromatic heterocycles. The van der Waals surface area contributed by atoms with Crippen molar-refractivity contribution < 1.29 is 0 Å². The molecule has 0 aliphatic heterocycles. The van der Waals surface area contributed by atoms with Gasteiger partial charge in [0.1, 0.15) is 0 Å². The molecule has 2 aromatic rings. The zero-order chi connectivity index (χ0) is 9.97. The van der Waals surface area contributed by atoms with Gasteiger partial charge in [0.2, 0.25) is 0 Å². The van der Waals surface area contributed by atoms with E-state index < -0.39 is 0 Å². The summed E-state index contributed by atoms with van der Waals surface area (Å²) in [4.78, 5) is 2.26. The topological polar surface area (TPSA) is 63.8 Å². The number of nitrogens with zero attached hydrogens (tertiary/aromatic N) is 2. The zero-order valence-electron chi connectivity index (χ0n) is 7.60. The van der Waals surface area contributed by atoms with Gasteiger partial charge in [0.05, 0.1) is 17.1 Å². The first-order valence-corrected chi connectivity index (χ1v) is 5.75. The van der Waals surface area contributed by atoms with Gasteiger partial charge in [0.15, 0.2) is 0 Å². The molecule has 4 nitrogen and oxygen atoms in total. The molecule has 0 radical (unpaired) electrons. The van der Waals surface area contributed by atoms with E-state index in [4.69, 9.17) is 5.84 Å². The summed E-state index contributed by atoms with van der Waals surface area (Å²) >= 11 is 3.05. The number of aromatic nitrogens is 2. The molecule has 0 aliphatic rings. The molecule has 3 N–H and O–H groups in total. The van der Waals surface area contributed by atoms with Gasteiger partial charge in [-0.15, -0.1) is 16.4 Å². The number of nitrogens with one attached hydrogen (secondary N) is 1. The van der Waals surface area contributed by atoms with E-state index in [1.165, 1.54) is 22.0 Å². The minimum Gasteiger partial charge on any atom is -0.271 e. The first-order valence-electron chi connectivity index (χ1n) is 4.10. The highest BCUT2D eigenvalue weighted by molar-refractivity contribution is 7.10. The van der Waals surface area contributed by atoms with Crippen LogP contribution in [0.25, 0.3) is 0 Å². The fraction of sp³-hybridized carbons (Fsp3) is 0.250. The monoisotopic (exact) mass is 226 g/mol. The zero-order valence-corrected chi connectivity index (χ0v) is 9.23. The average Bonchev–Trinajstić information content (AvgIpc) is 2.80. The van der Waals surface area contributed by atoms with Crippen molar-refractivity contribution in [3.05, 3.63) is 33.0 Å². The minimum atomic E-state index is 0.0231. The van der Waals surface area contributed by atoms with E-state index in [1.54, 1.807) is 17.5 Å². The number of thiophene rings is 1. The van der Waals surface area contributed by atoms with Crippen LogP contribution in [0, 0.1) is 6.92 Å². The van der Waals surface area contributed by atoms with Crippen LogP contribution in [0.3, 0.4) is 0 Å². The molecule has 0 aromatic carbocycles. The summed E-state index contributed by atoms with van der Waals surface area (Å²) < 4.78 is 3.83. The third-order valence-corrected chi connectivity index (χ3v) is 3.81. The second-order valence-corrected chi connectivity index (χ2v) is 4.65. The first kappa shape index (κ1) is 9.72. The van der Waals surface area contributed by atoms with Crippen molar-refractivity contribution in [1.82, 2.24) is 15.0 Å². The van der Waals surface area contributed by atoms with Gasteiger partial charge in [0.25, 0.3) is 0 Å². The summed E-state index contributed by atoms with van der Waals surface area (Å²) in [5.74, 6) is 5.53. The first-order chi connectivity index (χ1) is 6.83. The van der Waals surface area contributed by atoms with Crippen LogP contribution in [0.2, 0.25) is 0 Å². The number of nitrogens with two attached hydrogens (primary N) is 1. The van der Waals surface area contributed by atoms with Gasteiger partial charge in [-0.05, 0) is 35.5 Å². The predicted molar refractivity (Wildman–Crippen MR) is 58.1 cm³/mol. The molecule has 0 fully saturated rings. The van der Waals surface area contributed by atoms with Gasteiger partial charge in [-0.2, -0.15) is 0 Å². The Labute approximate surface area is 89.9 Å². The van der Waals surface area contributed by atoms with Crippen LogP contribution in [0.1, 0.15) is 21.4 Å². The molecule has 2 rings (SSSR count). The quantitative estimate of drug-likeness (QED) is 0.614. The number of hydrogen-bond acceptors (Lipinski definition) is 6. The maximum Gasteiger partial charge on any atom is 0.0929 e. The summed E-state index contributed by atoms with van der Waals surface area (Å²) in [6.45, 7) is 2.07. The molecule has 0 amide bonds. The van der Waals surface area contributed by atoms with Crippen molar-refractivity contribution in [2.75, 3.05) is 0 Å². The van der Waals surface area contributed by atoms with E-state index in [0.29, 0.717) is 0 Å². The van der Waals surface area contributed by atoms with Crippen LogP contribution in [-0.2, 0) is 0 Å². The Morgan fingerprint density at radius 3 is 2.93 bits per heavy atom. The second-order valence-electron chi connectivity index (χ2n) is 2.89. The third-order valence-electron chi connectivity index (χ3n) is 1.99. The molecule has 0 aliphatic carbocycles. The Morgan fingerprint density at radius 2 is 2.43 bits per heavy atom. The van der Waals surface area contributed by atoms with Crippen molar-refractivity contribution >= 4 is 22.9 Å². The Morgan fingerprint density at radius 1 is 1.57 bits per heavy atom. The van der Waals surface area contributed by atoms with E-state index in [2.05, 4.69) is 33.4 Å². The Kier molecular flexibility index (Phi) is 2.87. The van der Waals surface area contributed by atoms with Gasteiger partial charge in [0, 0.05) is 4.88 Å². The Hall–Kier alpha value is -0.820. The van der Waals surface area contributed by atoms with Crippen molar-refractivity contribution in [2.45, 2.75) is 13.0 Å². The lowest BCUT2D eigenvalue weighted by atomic mass is 10.1. The lowest BCUT2D eigenvalue weighted by Gasteiger charge is -2.12. The molecule has 2 heterocycles. The summed E-state index contributed by atoms with van der Waals surface area (Å²) in [7, 11) is 0. The SMILES string of the molecule is Cc1ccsc1C(NN)c1cnns1. The van der Waals surface area contributed by atoms with Gasteiger partial charge < -0.3 is 0 Å². The molecule has 1 atom stereocenters. The summed E-state index contributed by atoms with van der Waals surface area (Å²) in [5.41, 5.74) is 4.03. The molecule has 0 bridgehead atoms. The lowest BCUT2D eigenvalue weighted by Crippen LogP contribution is -2.28. The summed E-state index contributed by atoms with van der Waals surface area (Å²) in [5, 5.41) is 5.87. The van der Waals surface area contributed by atoms with E-state index in [-0.39, 0.29) is 6.04 Å². The van der Waals surface area contributed by atoms with E-state index in [9.17, 15) is 0 Å². The fourth-order valence-electron chi connectivity index (χ4n) is 1.27. The molecule has 14 heavy (non-hydrogen) atoms. The van der Waals surface area contributed by atoms with Crippen LogP contribution >= 0.6 is 22.9 Å². The van der Waals surface area contributed by atoms with E-state index in [1.807, 2.05) is 0 Å². The average molecular weight is 226 g/mol. The molecule has 0 saturated heterocycles. The van der Waals surface area contributed by atoms with Crippen molar-refractivity contribution in [1.29, 1.82) is 0 Å². The molecule has 0 saturated carbocycles. The third kappa shape index (κ3) is 1.69. The Bertz CT molecular complexity index is 395. The molecular weight excluding hydrogens is 216 g/mol. The molecule has 6 heteroatoms. The molecule has 74 valence electrons. The van der Waals surface area contributed by atoms with Crippen LogP contribution < -0.4 is 11.3 Å². The van der Waals surface area contributed by atoms with Crippen LogP contribution in [0.5, 0.6) is 0 Å². The number of hydrogen-bond donors (Lipinski definition) is 2. The highest BCUT2D eigenvalue weighted by atomic mass is 32.1. The Balaban J connectivity index is 2.36. The van der Waals surface area contributed by atoms with Crippen molar-refractivity contribution in [2.24, 2.45) is 5.84 Å². The predicted octanol–water partition coefficient (Wildman–Crippen LogP) is 1.46. The highest BCUT2D eigenvalue weighted by Crippen LogP contribution is 2.29. The molecule has 1 unspecified atom stereocenters. The van der Waals surface area contributed by atoms with Crippen LogP contribution in [0.4, 0.5) is 0 Å². The standard InChI is InChI=1S/C8H10N4S2/c1-5-2-3-13-8(5)7(11-9)6-4-10-12-14-6/h2-4,7,11H,9H2,1H3. The van der Waals surface area contributed by atoms with Gasteiger partial charge >= 0.3 is 0 Å². The largest absolute Gasteiger partial charge is 0.271 e. The van der Waals surface area contributed by atoms with E-state index in [0.717, 1.165) is 4.88 Å². The van der Waals surface area contributed by atoms with Crippen molar-refractivity contribution in [3.8, 4) is 0 Å². The van der Waals surface area contributed by atoms with Gasteiger partial charge in [-0.1, -0.05) is 4.49 Å². The fourth-order valence-corrected chi connectivity index (χ4v) is 2.92. The lowest BCUT2D eigenvalue weighted by molar-refractivity contribution is 0.652. The number of aryl methyl sites for hydroxylation is 1. The number of hydrazine groups is 1. The van der Waals surface area contributed by atoms with Crippen molar-refractivity contribution in [3.63, 3.8) is 0 Å². The van der Waals surface area contributed by atoms with Gasteiger partial charge in [-0.3, -0.25) is 5.84 Å². The molecular formula is C8H10N4S2.